The van der Waals surface area contributed by atoms with Crippen LogP contribution in [0.25, 0.3) is 0 Å². The van der Waals surface area contributed by atoms with Crippen molar-refractivity contribution < 1.29 is 14.2 Å². The molecule has 0 bridgehead atoms. The van der Waals surface area contributed by atoms with Crippen LogP contribution >= 0.6 is 0 Å². The number of rotatable bonds is 9. The zero-order valence-corrected chi connectivity index (χ0v) is 10.7. The van der Waals surface area contributed by atoms with Crippen molar-refractivity contribution in [3.05, 3.63) is 35.4 Å². The molecule has 1 aromatic rings. The quantitative estimate of drug-likeness (QED) is 0.629. The van der Waals surface area contributed by atoms with E-state index in [9.17, 15) is 0 Å². The van der Waals surface area contributed by atoms with Crippen molar-refractivity contribution in [2.45, 2.75) is 13.0 Å². The molecule has 0 aliphatic carbocycles. The minimum absolute atomic E-state index is 0.450. The normalized spacial score (nSPS) is 10.2. The maximum absolute atomic E-state index is 8.90. The summed E-state index contributed by atoms with van der Waals surface area (Å²) in [6.07, 6.45) is 0.897. The molecule has 0 aliphatic heterocycles. The third-order valence-electron chi connectivity index (χ3n) is 2.40. The molecule has 0 spiro atoms. The number of hydrogen-bond acceptors (Lipinski definition) is 4. The average Bonchev–Trinajstić information content (AvgIpc) is 2.42. The van der Waals surface area contributed by atoms with Gasteiger partial charge in [-0.05, 0) is 18.1 Å². The van der Waals surface area contributed by atoms with Crippen LogP contribution < -0.4 is 0 Å². The molecule has 1 aromatic carbocycles. The Morgan fingerprint density at radius 1 is 1.06 bits per heavy atom. The molecule has 4 nitrogen and oxygen atoms in total. The maximum Gasteiger partial charge on any atom is 0.0995 e. The monoisotopic (exact) mass is 249 g/mol. The van der Waals surface area contributed by atoms with Crippen LogP contribution in [0.5, 0.6) is 0 Å². The summed E-state index contributed by atoms with van der Waals surface area (Å²) in [5.74, 6) is 0. The second-order valence-corrected chi connectivity index (χ2v) is 3.78. The van der Waals surface area contributed by atoms with Gasteiger partial charge in [-0.3, -0.25) is 0 Å². The van der Waals surface area contributed by atoms with E-state index in [1.54, 1.807) is 13.2 Å². The van der Waals surface area contributed by atoms with Crippen molar-refractivity contribution in [2.75, 3.05) is 33.5 Å². The summed E-state index contributed by atoms with van der Waals surface area (Å²) in [5.41, 5.74) is 1.58. The first-order valence-electron chi connectivity index (χ1n) is 6.01. The van der Waals surface area contributed by atoms with E-state index >= 15 is 0 Å². The molecule has 18 heavy (non-hydrogen) atoms. The highest BCUT2D eigenvalue weighted by atomic mass is 16.5. The number of ether oxygens (including phenoxy) is 3. The van der Waals surface area contributed by atoms with E-state index < -0.39 is 0 Å². The van der Waals surface area contributed by atoms with Gasteiger partial charge in [0.25, 0.3) is 0 Å². The van der Waals surface area contributed by atoms with E-state index in [0.29, 0.717) is 32.0 Å². The molecule has 4 heteroatoms. The fourth-order valence-electron chi connectivity index (χ4n) is 1.46. The molecule has 0 unspecified atom stereocenters. The van der Waals surface area contributed by atoms with Crippen molar-refractivity contribution in [2.24, 2.45) is 0 Å². The Morgan fingerprint density at radius 2 is 1.83 bits per heavy atom. The van der Waals surface area contributed by atoms with Gasteiger partial charge in [0.15, 0.2) is 0 Å². The van der Waals surface area contributed by atoms with Gasteiger partial charge in [0.1, 0.15) is 0 Å². The Bertz CT molecular complexity index is 374. The van der Waals surface area contributed by atoms with E-state index in [1.807, 2.05) is 18.2 Å². The smallest absolute Gasteiger partial charge is 0.0995 e. The molecule has 0 N–H and O–H groups in total. The van der Waals surface area contributed by atoms with E-state index in [4.69, 9.17) is 19.5 Å². The van der Waals surface area contributed by atoms with Crippen LogP contribution in [0.4, 0.5) is 0 Å². The first kappa shape index (κ1) is 14.7. The fraction of sp³-hybridized carbons (Fsp3) is 0.500. The van der Waals surface area contributed by atoms with Gasteiger partial charge >= 0.3 is 0 Å². The first-order chi connectivity index (χ1) is 8.88. The lowest BCUT2D eigenvalue weighted by molar-refractivity contribution is 0.0336. The van der Waals surface area contributed by atoms with E-state index in [0.717, 1.165) is 18.6 Å². The number of benzene rings is 1. The summed E-state index contributed by atoms with van der Waals surface area (Å²) < 4.78 is 15.7. The minimum Gasteiger partial charge on any atom is -0.385 e. The van der Waals surface area contributed by atoms with Crippen LogP contribution in [0, 0.1) is 11.3 Å². The van der Waals surface area contributed by atoms with Gasteiger partial charge in [-0.15, -0.1) is 0 Å². The Hall–Kier alpha value is -1.41. The molecular weight excluding hydrogens is 230 g/mol. The third kappa shape index (κ3) is 5.78. The summed E-state index contributed by atoms with van der Waals surface area (Å²) in [6, 6.07) is 9.59. The summed E-state index contributed by atoms with van der Waals surface area (Å²) in [7, 11) is 1.68. The van der Waals surface area contributed by atoms with Crippen molar-refractivity contribution in [1.82, 2.24) is 0 Å². The van der Waals surface area contributed by atoms with Gasteiger partial charge in [-0.1, -0.05) is 18.2 Å². The molecule has 0 atom stereocenters. The topological polar surface area (TPSA) is 51.5 Å². The van der Waals surface area contributed by atoms with Gasteiger partial charge in [-0.25, -0.2) is 0 Å². The largest absolute Gasteiger partial charge is 0.385 e. The molecule has 98 valence electrons. The first-order valence-corrected chi connectivity index (χ1v) is 6.01. The molecule has 0 saturated carbocycles. The average molecular weight is 249 g/mol. The van der Waals surface area contributed by atoms with Crippen molar-refractivity contribution >= 4 is 0 Å². The molecule has 0 radical (unpaired) electrons. The molecule has 0 aliphatic rings. The fourth-order valence-corrected chi connectivity index (χ4v) is 1.46. The van der Waals surface area contributed by atoms with Crippen molar-refractivity contribution in [1.29, 1.82) is 5.26 Å². The number of nitrogens with zero attached hydrogens (tertiary/aromatic N) is 1. The lowest BCUT2D eigenvalue weighted by Crippen LogP contribution is -2.07. The highest BCUT2D eigenvalue weighted by molar-refractivity contribution is 5.36. The van der Waals surface area contributed by atoms with Crippen LogP contribution in [-0.2, 0) is 20.8 Å². The molecular formula is C14H19NO3. The minimum atomic E-state index is 0.450. The number of nitriles is 1. The van der Waals surface area contributed by atoms with E-state index in [-0.39, 0.29) is 0 Å². The Morgan fingerprint density at radius 3 is 2.61 bits per heavy atom. The van der Waals surface area contributed by atoms with Crippen LogP contribution in [0.15, 0.2) is 24.3 Å². The molecule has 0 heterocycles. The lowest BCUT2D eigenvalue weighted by Gasteiger charge is -2.06. The van der Waals surface area contributed by atoms with Gasteiger partial charge in [-0.2, -0.15) is 5.26 Å². The molecule has 0 saturated heterocycles. The molecule has 1 rings (SSSR count). The van der Waals surface area contributed by atoms with Crippen molar-refractivity contribution in [3.63, 3.8) is 0 Å². The van der Waals surface area contributed by atoms with Crippen LogP contribution in [-0.4, -0.2) is 33.5 Å². The lowest BCUT2D eigenvalue weighted by atomic mass is 10.1. The highest BCUT2D eigenvalue weighted by Crippen LogP contribution is 2.08. The highest BCUT2D eigenvalue weighted by Gasteiger charge is 2.00. The summed E-state index contributed by atoms with van der Waals surface area (Å²) in [5, 5.41) is 8.90. The summed E-state index contributed by atoms with van der Waals surface area (Å²) in [6.45, 7) is 2.96. The number of hydrogen-bond donors (Lipinski definition) is 0. The van der Waals surface area contributed by atoms with Crippen LogP contribution in [0.1, 0.15) is 17.5 Å². The van der Waals surface area contributed by atoms with E-state index in [2.05, 4.69) is 6.07 Å². The predicted molar refractivity (Wildman–Crippen MR) is 68.1 cm³/mol. The third-order valence-corrected chi connectivity index (χ3v) is 2.40. The zero-order chi connectivity index (χ0) is 13.1. The van der Waals surface area contributed by atoms with Crippen molar-refractivity contribution in [3.8, 4) is 6.07 Å². The Kier molecular flexibility index (Phi) is 7.82. The summed E-state index contributed by atoms with van der Waals surface area (Å²) >= 11 is 0. The van der Waals surface area contributed by atoms with Gasteiger partial charge in [0.05, 0.1) is 31.5 Å². The second-order valence-electron chi connectivity index (χ2n) is 3.78. The van der Waals surface area contributed by atoms with Gasteiger partial charge < -0.3 is 14.2 Å². The van der Waals surface area contributed by atoms with Crippen LogP contribution in [0.3, 0.4) is 0 Å². The Balaban J connectivity index is 2.09. The van der Waals surface area contributed by atoms with E-state index in [1.165, 1.54) is 0 Å². The Labute approximate surface area is 108 Å². The SMILES string of the molecule is COCCCOCCOCc1ccccc1C#N. The second kappa shape index (κ2) is 9.60. The summed E-state index contributed by atoms with van der Waals surface area (Å²) in [4.78, 5) is 0. The molecule has 0 amide bonds. The zero-order valence-electron chi connectivity index (χ0n) is 10.7. The molecule has 0 fully saturated rings. The van der Waals surface area contributed by atoms with Gasteiger partial charge in [0.2, 0.25) is 0 Å². The predicted octanol–water partition coefficient (Wildman–Crippen LogP) is 2.13. The molecule has 0 aromatic heterocycles. The standard InChI is InChI=1S/C14H19NO3/c1-16-7-4-8-17-9-10-18-12-14-6-3-2-5-13(14)11-15/h2-3,5-6H,4,7-10,12H2,1H3. The van der Waals surface area contributed by atoms with Gasteiger partial charge in [0, 0.05) is 20.3 Å². The maximum atomic E-state index is 8.90. The number of methoxy groups -OCH3 is 1. The van der Waals surface area contributed by atoms with Crippen LogP contribution in [0.2, 0.25) is 0 Å².